The van der Waals surface area contributed by atoms with E-state index in [9.17, 15) is 22.8 Å². The van der Waals surface area contributed by atoms with Crippen LogP contribution in [0.1, 0.15) is 77.4 Å². The molecule has 0 saturated heterocycles. The van der Waals surface area contributed by atoms with E-state index in [1.54, 1.807) is 36.4 Å². The van der Waals surface area contributed by atoms with Crippen LogP contribution in [-0.2, 0) is 25.8 Å². The zero-order valence-corrected chi connectivity index (χ0v) is 24.0. The van der Waals surface area contributed by atoms with Crippen molar-refractivity contribution in [3.63, 3.8) is 0 Å². The standard InChI is InChI=1S/C32H36N2O6S/c1-41(39,40)28-9-5-8-27(21-28)34-32(38)29(25-16-14-24(15-17-25)23-6-3-2-4-7-23)20-22-10-12-26(13-11-22)31(37)33-19-18-30(35)36/h5,8-17,21,23,29H,2-4,6-7,18-20H2,1H3,(H,33,37)(H,34,38)(H,35,36). The lowest BCUT2D eigenvalue weighted by Crippen LogP contribution is -2.26. The number of rotatable bonds is 11. The Kier molecular flexibility index (Phi) is 9.94. The summed E-state index contributed by atoms with van der Waals surface area (Å²) in [5.41, 5.74) is 3.77. The van der Waals surface area contributed by atoms with Crippen LogP contribution in [0.2, 0.25) is 0 Å². The summed E-state index contributed by atoms with van der Waals surface area (Å²) in [5, 5.41) is 14.2. The summed E-state index contributed by atoms with van der Waals surface area (Å²) >= 11 is 0. The molecule has 1 saturated carbocycles. The lowest BCUT2D eigenvalue weighted by Gasteiger charge is -2.23. The molecule has 0 aliphatic heterocycles. The second-order valence-corrected chi connectivity index (χ2v) is 12.7. The van der Waals surface area contributed by atoms with Crippen molar-refractivity contribution in [3.05, 3.63) is 95.1 Å². The molecule has 1 unspecified atom stereocenters. The number of hydrogen-bond acceptors (Lipinski definition) is 5. The van der Waals surface area contributed by atoms with E-state index in [0.29, 0.717) is 23.6 Å². The van der Waals surface area contributed by atoms with Crippen LogP contribution in [0, 0.1) is 0 Å². The first kappa shape index (κ1) is 30.0. The molecule has 1 atom stereocenters. The normalized spacial score (nSPS) is 14.7. The van der Waals surface area contributed by atoms with Crippen molar-refractivity contribution < 1.29 is 27.9 Å². The van der Waals surface area contributed by atoms with Crippen molar-refractivity contribution in [1.29, 1.82) is 0 Å². The lowest BCUT2D eigenvalue weighted by atomic mass is 9.83. The molecule has 3 N–H and O–H groups in total. The van der Waals surface area contributed by atoms with E-state index in [1.807, 2.05) is 12.1 Å². The number of sulfone groups is 1. The van der Waals surface area contributed by atoms with Crippen LogP contribution in [0.3, 0.4) is 0 Å². The molecule has 2 amide bonds. The van der Waals surface area contributed by atoms with E-state index in [1.165, 1.54) is 49.8 Å². The van der Waals surface area contributed by atoms with E-state index < -0.39 is 21.7 Å². The maximum absolute atomic E-state index is 13.6. The fraction of sp³-hybridized carbons (Fsp3) is 0.344. The average molecular weight is 577 g/mol. The van der Waals surface area contributed by atoms with Gasteiger partial charge in [0.05, 0.1) is 17.2 Å². The Hall–Kier alpha value is -3.98. The van der Waals surface area contributed by atoms with Crippen LogP contribution in [0.25, 0.3) is 0 Å². The molecule has 0 spiro atoms. The molecule has 4 rings (SSSR count). The van der Waals surface area contributed by atoms with E-state index in [0.717, 1.165) is 17.4 Å². The number of carboxylic acids is 1. The molecule has 0 bridgehead atoms. The first-order valence-corrected chi connectivity index (χ1v) is 15.8. The Labute approximate surface area is 241 Å². The predicted octanol–water partition coefficient (Wildman–Crippen LogP) is 5.31. The molecule has 3 aromatic rings. The predicted molar refractivity (Wildman–Crippen MR) is 158 cm³/mol. The topological polar surface area (TPSA) is 130 Å². The Bertz CT molecular complexity index is 1480. The molecular weight excluding hydrogens is 540 g/mol. The number of benzene rings is 3. The van der Waals surface area contributed by atoms with Gasteiger partial charge in [-0.25, -0.2) is 8.42 Å². The molecule has 1 aliphatic rings. The van der Waals surface area contributed by atoms with Crippen molar-refractivity contribution in [2.45, 2.75) is 61.7 Å². The molecule has 41 heavy (non-hydrogen) atoms. The largest absolute Gasteiger partial charge is 0.481 e. The number of anilines is 1. The zero-order chi connectivity index (χ0) is 29.4. The third-order valence-corrected chi connectivity index (χ3v) is 8.65. The van der Waals surface area contributed by atoms with Gasteiger partial charge in [-0.3, -0.25) is 14.4 Å². The summed E-state index contributed by atoms with van der Waals surface area (Å²) in [6, 6.07) is 21.3. The first-order valence-electron chi connectivity index (χ1n) is 13.9. The fourth-order valence-electron chi connectivity index (χ4n) is 5.25. The quantitative estimate of drug-likeness (QED) is 0.284. The Morgan fingerprint density at radius 1 is 0.927 bits per heavy atom. The summed E-state index contributed by atoms with van der Waals surface area (Å²) in [5.74, 6) is -1.64. The van der Waals surface area contributed by atoms with Crippen molar-refractivity contribution in [3.8, 4) is 0 Å². The first-order chi connectivity index (χ1) is 19.6. The van der Waals surface area contributed by atoms with Crippen molar-refractivity contribution >= 4 is 33.3 Å². The average Bonchev–Trinajstić information content (AvgIpc) is 2.96. The molecule has 3 aromatic carbocycles. The molecule has 8 nitrogen and oxygen atoms in total. The third kappa shape index (κ3) is 8.50. The second kappa shape index (κ2) is 13.6. The second-order valence-electron chi connectivity index (χ2n) is 10.6. The van der Waals surface area contributed by atoms with Gasteiger partial charge in [0.15, 0.2) is 9.84 Å². The zero-order valence-electron chi connectivity index (χ0n) is 23.1. The minimum Gasteiger partial charge on any atom is -0.481 e. The van der Waals surface area contributed by atoms with Gasteiger partial charge in [-0.05, 0) is 72.2 Å². The van der Waals surface area contributed by atoms with E-state index in [4.69, 9.17) is 5.11 Å². The van der Waals surface area contributed by atoms with Gasteiger partial charge in [-0.1, -0.05) is 61.7 Å². The molecule has 216 valence electrons. The van der Waals surface area contributed by atoms with Gasteiger partial charge in [0.2, 0.25) is 5.91 Å². The number of carbonyl (C=O) groups excluding carboxylic acids is 2. The van der Waals surface area contributed by atoms with Crippen molar-refractivity contribution in [2.75, 3.05) is 18.1 Å². The highest BCUT2D eigenvalue weighted by Gasteiger charge is 2.23. The van der Waals surface area contributed by atoms with Gasteiger partial charge in [-0.15, -0.1) is 0 Å². The summed E-state index contributed by atoms with van der Waals surface area (Å²) < 4.78 is 24.1. The van der Waals surface area contributed by atoms with Crippen molar-refractivity contribution in [1.82, 2.24) is 5.32 Å². The minimum absolute atomic E-state index is 0.0373. The number of aliphatic carboxylic acids is 1. The molecule has 0 radical (unpaired) electrons. The number of nitrogens with one attached hydrogen (secondary N) is 2. The Morgan fingerprint density at radius 2 is 1.61 bits per heavy atom. The van der Waals surface area contributed by atoms with Crippen LogP contribution >= 0.6 is 0 Å². The molecule has 9 heteroatoms. The van der Waals surface area contributed by atoms with Crippen LogP contribution in [-0.4, -0.2) is 44.1 Å². The van der Waals surface area contributed by atoms with Crippen LogP contribution in [0.4, 0.5) is 5.69 Å². The monoisotopic (exact) mass is 576 g/mol. The Balaban J connectivity index is 1.55. The number of amides is 2. The number of carbonyl (C=O) groups is 3. The molecule has 1 aliphatic carbocycles. The summed E-state index contributed by atoms with van der Waals surface area (Å²) in [6.07, 6.45) is 7.43. The smallest absolute Gasteiger partial charge is 0.305 e. The number of carboxylic acid groups (broad SMARTS) is 1. The van der Waals surface area contributed by atoms with Gasteiger partial charge in [0, 0.05) is 24.1 Å². The summed E-state index contributed by atoms with van der Waals surface area (Å²) in [7, 11) is -3.43. The summed E-state index contributed by atoms with van der Waals surface area (Å²) in [4.78, 5) is 36.8. The molecule has 1 fully saturated rings. The summed E-state index contributed by atoms with van der Waals surface area (Å²) in [6.45, 7) is 0.0373. The van der Waals surface area contributed by atoms with Gasteiger partial charge in [0.1, 0.15) is 0 Å². The Morgan fingerprint density at radius 3 is 2.24 bits per heavy atom. The lowest BCUT2D eigenvalue weighted by molar-refractivity contribution is -0.136. The molecule has 0 aromatic heterocycles. The highest BCUT2D eigenvalue weighted by Crippen LogP contribution is 2.34. The highest BCUT2D eigenvalue weighted by atomic mass is 32.2. The number of hydrogen-bond donors (Lipinski definition) is 3. The molecular formula is C32H36N2O6S. The van der Waals surface area contributed by atoms with Gasteiger partial charge in [0.25, 0.3) is 5.91 Å². The highest BCUT2D eigenvalue weighted by molar-refractivity contribution is 7.90. The van der Waals surface area contributed by atoms with Gasteiger partial charge in [-0.2, -0.15) is 0 Å². The van der Waals surface area contributed by atoms with E-state index >= 15 is 0 Å². The van der Waals surface area contributed by atoms with Crippen LogP contribution < -0.4 is 10.6 Å². The van der Waals surface area contributed by atoms with Crippen LogP contribution in [0.5, 0.6) is 0 Å². The maximum Gasteiger partial charge on any atom is 0.305 e. The third-order valence-electron chi connectivity index (χ3n) is 7.54. The van der Waals surface area contributed by atoms with E-state index in [2.05, 4.69) is 22.8 Å². The van der Waals surface area contributed by atoms with E-state index in [-0.39, 0.29) is 29.7 Å². The van der Waals surface area contributed by atoms with Crippen LogP contribution in [0.15, 0.2) is 77.7 Å². The molecule has 0 heterocycles. The van der Waals surface area contributed by atoms with Gasteiger partial charge >= 0.3 is 5.97 Å². The maximum atomic E-state index is 13.6. The van der Waals surface area contributed by atoms with Gasteiger partial charge < -0.3 is 15.7 Å². The van der Waals surface area contributed by atoms with Crippen molar-refractivity contribution in [2.24, 2.45) is 0 Å². The minimum atomic E-state index is -3.43. The SMILES string of the molecule is CS(=O)(=O)c1cccc(NC(=O)C(Cc2ccc(C(=O)NCCC(=O)O)cc2)c2ccc(C3CCCCC3)cc2)c1. The fourth-order valence-corrected chi connectivity index (χ4v) is 5.91.